The molecule has 1 aromatic heterocycles. The zero-order valence-corrected chi connectivity index (χ0v) is 17.2. The van der Waals surface area contributed by atoms with Crippen LogP contribution in [0.15, 0.2) is 42.5 Å². The molecule has 7 nitrogen and oxygen atoms in total. The molecule has 152 valence electrons. The molecule has 1 aliphatic rings. The lowest BCUT2D eigenvalue weighted by molar-refractivity contribution is 0.0393. The van der Waals surface area contributed by atoms with Crippen molar-refractivity contribution in [3.8, 4) is 0 Å². The van der Waals surface area contributed by atoms with Crippen molar-refractivity contribution >= 4 is 44.1 Å². The van der Waals surface area contributed by atoms with Crippen molar-refractivity contribution in [2.45, 2.75) is 6.92 Å². The molecule has 3 aromatic rings. The van der Waals surface area contributed by atoms with Crippen molar-refractivity contribution in [2.75, 3.05) is 55.3 Å². The van der Waals surface area contributed by atoms with Crippen LogP contribution in [0.5, 0.6) is 0 Å². The van der Waals surface area contributed by atoms with Crippen molar-refractivity contribution in [1.29, 1.82) is 0 Å². The average Bonchev–Trinajstić information content (AvgIpc) is 3.10. The summed E-state index contributed by atoms with van der Waals surface area (Å²) in [7, 11) is 0. The molecule has 1 fully saturated rings. The fourth-order valence-corrected chi connectivity index (χ4v) is 4.18. The molecular formula is C21H25N5O2S. The van der Waals surface area contributed by atoms with Gasteiger partial charge in [-0.1, -0.05) is 29.5 Å². The number of hydrogen-bond donors (Lipinski definition) is 2. The van der Waals surface area contributed by atoms with Gasteiger partial charge in [-0.2, -0.15) is 0 Å². The minimum atomic E-state index is -0.149. The topological polar surface area (TPSA) is 83.7 Å². The number of anilines is 3. The molecule has 2 amide bonds. The van der Waals surface area contributed by atoms with Crippen LogP contribution in [0.2, 0.25) is 0 Å². The molecule has 0 atom stereocenters. The Morgan fingerprint density at radius 2 is 2.07 bits per heavy atom. The first-order chi connectivity index (χ1) is 14.1. The number of nitrogens with two attached hydrogens (primary N) is 1. The van der Waals surface area contributed by atoms with Crippen LogP contribution in [0.3, 0.4) is 0 Å². The smallest absolute Gasteiger partial charge is 0.326 e. The number of carbonyl (C=O) groups excluding carboxylic acids is 1. The van der Waals surface area contributed by atoms with Gasteiger partial charge < -0.3 is 15.8 Å². The van der Waals surface area contributed by atoms with E-state index < -0.39 is 0 Å². The van der Waals surface area contributed by atoms with E-state index in [9.17, 15) is 4.79 Å². The summed E-state index contributed by atoms with van der Waals surface area (Å²) in [5.74, 6) is 0. The van der Waals surface area contributed by atoms with Gasteiger partial charge in [-0.25, -0.2) is 9.78 Å². The number of amides is 2. The average molecular weight is 412 g/mol. The molecule has 1 aliphatic heterocycles. The van der Waals surface area contributed by atoms with Crippen molar-refractivity contribution in [3.05, 3.63) is 48.0 Å². The molecule has 3 N–H and O–H groups in total. The standard InChI is InChI=1S/C21H25N5O2S/c1-15-4-2-3-5-17(15)24-21(27)26(9-8-25-10-12-28-13-11-25)16-6-7-18-19(14-16)29-20(22)23-18/h2-7,14H,8-13H2,1H3,(H2,22,23)(H,24,27). The number of urea groups is 1. The SMILES string of the molecule is Cc1ccccc1NC(=O)N(CCN1CCOCC1)c1ccc2nc(N)sc2c1. The fraction of sp³-hybridized carbons (Fsp3) is 0.333. The largest absolute Gasteiger partial charge is 0.379 e. The van der Waals surface area contributed by atoms with Gasteiger partial charge in [0.15, 0.2) is 5.13 Å². The number of carbonyl (C=O) groups is 1. The van der Waals surface area contributed by atoms with E-state index in [4.69, 9.17) is 10.5 Å². The van der Waals surface area contributed by atoms with Gasteiger partial charge >= 0.3 is 6.03 Å². The molecule has 8 heteroatoms. The summed E-state index contributed by atoms with van der Waals surface area (Å²) in [4.78, 5) is 21.6. The van der Waals surface area contributed by atoms with E-state index in [1.54, 1.807) is 4.90 Å². The first-order valence-corrected chi connectivity index (χ1v) is 10.5. The Morgan fingerprint density at radius 3 is 2.86 bits per heavy atom. The zero-order chi connectivity index (χ0) is 20.2. The van der Waals surface area contributed by atoms with Crippen molar-refractivity contribution in [2.24, 2.45) is 0 Å². The highest BCUT2D eigenvalue weighted by Gasteiger charge is 2.20. The molecule has 0 spiro atoms. The Kier molecular flexibility index (Phi) is 5.94. The summed E-state index contributed by atoms with van der Waals surface area (Å²) >= 11 is 1.43. The van der Waals surface area contributed by atoms with E-state index >= 15 is 0 Å². The first kappa shape index (κ1) is 19.6. The van der Waals surface area contributed by atoms with Crippen LogP contribution in [-0.2, 0) is 4.74 Å². The molecule has 4 rings (SSSR count). The zero-order valence-electron chi connectivity index (χ0n) is 16.4. The number of morpholine rings is 1. The maximum atomic E-state index is 13.2. The molecule has 2 aromatic carbocycles. The fourth-order valence-electron chi connectivity index (χ4n) is 3.41. The van der Waals surface area contributed by atoms with Gasteiger partial charge in [0.1, 0.15) is 0 Å². The van der Waals surface area contributed by atoms with E-state index in [0.717, 1.165) is 60.0 Å². The first-order valence-electron chi connectivity index (χ1n) is 9.70. The lowest BCUT2D eigenvalue weighted by atomic mass is 10.2. The number of nitrogens with one attached hydrogen (secondary N) is 1. The number of rotatable bonds is 5. The normalized spacial score (nSPS) is 14.8. The number of aromatic nitrogens is 1. The molecule has 0 bridgehead atoms. The van der Waals surface area contributed by atoms with Crippen LogP contribution < -0.4 is 16.0 Å². The number of aryl methyl sites for hydroxylation is 1. The highest BCUT2D eigenvalue weighted by Crippen LogP contribution is 2.28. The summed E-state index contributed by atoms with van der Waals surface area (Å²) in [6.45, 7) is 6.60. The molecular weight excluding hydrogens is 386 g/mol. The van der Waals surface area contributed by atoms with Gasteiger partial charge in [-0.05, 0) is 36.8 Å². The van der Waals surface area contributed by atoms with Crippen LogP contribution in [0.4, 0.5) is 21.3 Å². The van der Waals surface area contributed by atoms with Crippen LogP contribution in [0.1, 0.15) is 5.56 Å². The van der Waals surface area contributed by atoms with Gasteiger partial charge in [0.05, 0.1) is 23.4 Å². The number of fused-ring (bicyclic) bond motifs is 1. The Labute approximate surface area is 174 Å². The highest BCUT2D eigenvalue weighted by molar-refractivity contribution is 7.22. The maximum Gasteiger partial charge on any atom is 0.326 e. The quantitative estimate of drug-likeness (QED) is 0.671. The van der Waals surface area contributed by atoms with Crippen LogP contribution in [0, 0.1) is 6.92 Å². The summed E-state index contributed by atoms with van der Waals surface area (Å²) in [5, 5.41) is 3.59. The summed E-state index contributed by atoms with van der Waals surface area (Å²) in [6, 6.07) is 13.5. The number of benzene rings is 2. The number of nitrogens with zero attached hydrogens (tertiary/aromatic N) is 3. The number of nitrogen functional groups attached to an aromatic ring is 1. The third-order valence-corrected chi connectivity index (χ3v) is 5.92. The van der Waals surface area contributed by atoms with Crippen LogP contribution in [-0.4, -0.2) is 55.3 Å². The molecule has 0 saturated carbocycles. The van der Waals surface area contributed by atoms with Gasteiger partial charge in [0, 0.05) is 37.6 Å². The second kappa shape index (κ2) is 8.77. The molecule has 0 aliphatic carbocycles. The van der Waals surface area contributed by atoms with E-state index in [1.807, 2.05) is 49.4 Å². The van der Waals surface area contributed by atoms with Gasteiger partial charge in [0.2, 0.25) is 0 Å². The van der Waals surface area contributed by atoms with Crippen LogP contribution >= 0.6 is 11.3 Å². The molecule has 0 unspecified atom stereocenters. The van der Waals surface area contributed by atoms with Crippen molar-refractivity contribution < 1.29 is 9.53 Å². The third-order valence-electron chi connectivity index (χ3n) is 5.08. The predicted octanol–water partition coefficient (Wildman–Crippen LogP) is 3.56. The van der Waals surface area contributed by atoms with E-state index in [0.29, 0.717) is 11.7 Å². The molecule has 29 heavy (non-hydrogen) atoms. The lowest BCUT2D eigenvalue weighted by Crippen LogP contribution is -2.44. The summed E-state index contributed by atoms with van der Waals surface area (Å²) in [6.07, 6.45) is 0. The van der Waals surface area contributed by atoms with Crippen LogP contribution in [0.25, 0.3) is 10.2 Å². The third kappa shape index (κ3) is 4.67. The van der Waals surface area contributed by atoms with Crippen molar-refractivity contribution in [3.63, 3.8) is 0 Å². The minimum Gasteiger partial charge on any atom is -0.379 e. The maximum absolute atomic E-state index is 13.2. The molecule has 1 saturated heterocycles. The Hall–Kier alpha value is -2.68. The lowest BCUT2D eigenvalue weighted by Gasteiger charge is -2.30. The van der Waals surface area contributed by atoms with Crippen molar-refractivity contribution in [1.82, 2.24) is 9.88 Å². The second-order valence-corrected chi connectivity index (χ2v) is 8.12. The number of para-hydroxylation sites is 1. The number of ether oxygens (including phenoxy) is 1. The monoisotopic (exact) mass is 411 g/mol. The Morgan fingerprint density at radius 1 is 1.28 bits per heavy atom. The summed E-state index contributed by atoms with van der Waals surface area (Å²) < 4.78 is 6.40. The van der Waals surface area contributed by atoms with E-state index in [1.165, 1.54) is 11.3 Å². The van der Waals surface area contributed by atoms with Gasteiger partial charge in [-0.3, -0.25) is 9.80 Å². The van der Waals surface area contributed by atoms with Gasteiger partial charge in [-0.15, -0.1) is 0 Å². The molecule has 0 radical (unpaired) electrons. The number of hydrogen-bond acceptors (Lipinski definition) is 6. The summed E-state index contributed by atoms with van der Waals surface area (Å²) in [5.41, 5.74) is 9.38. The highest BCUT2D eigenvalue weighted by atomic mass is 32.1. The van der Waals surface area contributed by atoms with Gasteiger partial charge in [0.25, 0.3) is 0 Å². The minimum absolute atomic E-state index is 0.149. The molecule has 2 heterocycles. The second-order valence-electron chi connectivity index (χ2n) is 7.05. The number of thiazole rings is 1. The Balaban J connectivity index is 1.58. The van der Waals surface area contributed by atoms with E-state index in [2.05, 4.69) is 15.2 Å². The van der Waals surface area contributed by atoms with E-state index in [-0.39, 0.29) is 6.03 Å². The predicted molar refractivity (Wildman–Crippen MR) is 119 cm³/mol. The Bertz CT molecular complexity index is 1000.